The summed E-state index contributed by atoms with van der Waals surface area (Å²) in [5.41, 5.74) is 0. The highest BCUT2D eigenvalue weighted by Gasteiger charge is 2.16. The van der Waals surface area contributed by atoms with Gasteiger partial charge in [-0.1, -0.05) is 25.7 Å². The minimum absolute atomic E-state index is 0.575. The Hall–Kier alpha value is -0.0800. The summed E-state index contributed by atoms with van der Waals surface area (Å²) in [4.78, 5) is 2.47. The van der Waals surface area contributed by atoms with Crippen molar-refractivity contribution in [1.29, 1.82) is 0 Å². The zero-order valence-electron chi connectivity index (χ0n) is 9.21. The maximum atomic E-state index is 5.95. The molecule has 0 aromatic rings. The molecule has 0 spiro atoms. The molecule has 2 rings (SSSR count). The first-order valence-electron chi connectivity index (χ1n) is 6.29. The van der Waals surface area contributed by atoms with Crippen LogP contribution in [0.1, 0.15) is 51.4 Å². The molecule has 0 aromatic heterocycles. The smallest absolute Gasteiger partial charge is 0.0994 e. The van der Waals surface area contributed by atoms with Gasteiger partial charge < -0.3 is 4.74 Å². The van der Waals surface area contributed by atoms with E-state index in [1.54, 1.807) is 0 Å². The molecule has 1 heterocycles. The van der Waals surface area contributed by atoms with Crippen molar-refractivity contribution in [3.63, 3.8) is 0 Å². The highest BCUT2D eigenvalue weighted by Crippen LogP contribution is 2.20. The molecule has 0 amide bonds. The molecule has 0 bridgehead atoms. The van der Waals surface area contributed by atoms with Crippen molar-refractivity contribution < 1.29 is 4.74 Å². The minimum Gasteiger partial charge on any atom is -0.363 e. The van der Waals surface area contributed by atoms with Crippen LogP contribution < -0.4 is 0 Å². The Bertz CT molecular complexity index is 130. The Morgan fingerprint density at radius 1 is 0.857 bits per heavy atom. The van der Waals surface area contributed by atoms with Crippen LogP contribution in [0.25, 0.3) is 0 Å². The van der Waals surface area contributed by atoms with E-state index < -0.39 is 0 Å². The topological polar surface area (TPSA) is 12.5 Å². The molecular formula is C12H23NO. The molecule has 2 fully saturated rings. The molecule has 0 atom stereocenters. The third-order valence-electron chi connectivity index (χ3n) is 3.49. The normalized spacial score (nSPS) is 26.6. The monoisotopic (exact) mass is 197 g/mol. The van der Waals surface area contributed by atoms with Crippen molar-refractivity contribution in [1.82, 2.24) is 4.90 Å². The lowest BCUT2D eigenvalue weighted by Crippen LogP contribution is -2.34. The highest BCUT2D eigenvalue weighted by molar-refractivity contribution is 4.66. The van der Waals surface area contributed by atoms with Gasteiger partial charge in [0.1, 0.15) is 0 Å². The van der Waals surface area contributed by atoms with Gasteiger partial charge >= 0.3 is 0 Å². The summed E-state index contributed by atoms with van der Waals surface area (Å²) in [6.07, 6.45) is 11.5. The van der Waals surface area contributed by atoms with Crippen molar-refractivity contribution in [2.75, 3.05) is 19.8 Å². The molecule has 0 aromatic carbocycles. The van der Waals surface area contributed by atoms with Gasteiger partial charge in [-0.15, -0.1) is 0 Å². The quantitative estimate of drug-likeness (QED) is 0.690. The summed E-state index contributed by atoms with van der Waals surface area (Å²) in [5.74, 6) is 0. The van der Waals surface area contributed by atoms with Crippen LogP contribution in [0.2, 0.25) is 0 Å². The molecule has 2 nitrogen and oxygen atoms in total. The first-order chi connectivity index (χ1) is 6.95. The number of likely N-dealkylation sites (tertiary alicyclic amines) is 1. The molecule has 1 saturated heterocycles. The Kier molecular flexibility index (Phi) is 4.26. The number of rotatable bonds is 3. The van der Waals surface area contributed by atoms with Crippen LogP contribution in [0.5, 0.6) is 0 Å². The SMILES string of the molecule is C1CCC(OCN2CCCCC2)CC1. The van der Waals surface area contributed by atoms with Crippen LogP contribution in [0.4, 0.5) is 0 Å². The molecule has 2 heteroatoms. The van der Waals surface area contributed by atoms with Gasteiger partial charge in [-0.3, -0.25) is 4.90 Å². The van der Waals surface area contributed by atoms with E-state index in [0.717, 1.165) is 6.73 Å². The Labute approximate surface area is 87.6 Å². The molecule has 2 aliphatic rings. The summed E-state index contributed by atoms with van der Waals surface area (Å²) in [7, 11) is 0. The summed E-state index contributed by atoms with van der Waals surface area (Å²) in [6, 6.07) is 0. The van der Waals surface area contributed by atoms with Gasteiger partial charge in [0, 0.05) is 13.1 Å². The Morgan fingerprint density at radius 2 is 1.50 bits per heavy atom. The highest BCUT2D eigenvalue weighted by atomic mass is 16.5. The van der Waals surface area contributed by atoms with Crippen LogP contribution in [0, 0.1) is 0 Å². The fourth-order valence-corrected chi connectivity index (χ4v) is 2.53. The number of hydrogen-bond acceptors (Lipinski definition) is 2. The third kappa shape index (κ3) is 3.25. The summed E-state index contributed by atoms with van der Waals surface area (Å²) >= 11 is 0. The first-order valence-corrected chi connectivity index (χ1v) is 6.29. The summed E-state index contributed by atoms with van der Waals surface area (Å²) < 4.78 is 5.95. The number of ether oxygens (including phenoxy) is 1. The van der Waals surface area contributed by atoms with Crippen molar-refractivity contribution in [2.45, 2.75) is 57.5 Å². The lowest BCUT2D eigenvalue weighted by atomic mass is 9.98. The first kappa shape index (κ1) is 10.4. The van der Waals surface area contributed by atoms with Gasteiger partial charge in [0.25, 0.3) is 0 Å². The van der Waals surface area contributed by atoms with E-state index in [2.05, 4.69) is 4.90 Å². The average Bonchev–Trinajstić information content (AvgIpc) is 2.29. The molecule has 1 aliphatic carbocycles. The van der Waals surface area contributed by atoms with Crippen molar-refractivity contribution in [2.24, 2.45) is 0 Å². The predicted octanol–water partition coefficient (Wildman–Crippen LogP) is 2.78. The maximum Gasteiger partial charge on any atom is 0.0994 e. The molecule has 1 aliphatic heterocycles. The second kappa shape index (κ2) is 5.72. The van der Waals surface area contributed by atoms with E-state index in [-0.39, 0.29) is 0 Å². The van der Waals surface area contributed by atoms with Crippen LogP contribution >= 0.6 is 0 Å². The number of nitrogens with zero attached hydrogens (tertiary/aromatic N) is 1. The number of piperidine rings is 1. The Morgan fingerprint density at radius 3 is 2.21 bits per heavy atom. The van der Waals surface area contributed by atoms with Gasteiger partial charge in [-0.05, 0) is 25.7 Å². The molecule has 0 radical (unpaired) electrons. The van der Waals surface area contributed by atoms with E-state index in [1.807, 2.05) is 0 Å². The van der Waals surface area contributed by atoms with Crippen molar-refractivity contribution in [3.8, 4) is 0 Å². The third-order valence-corrected chi connectivity index (χ3v) is 3.49. The van der Waals surface area contributed by atoms with Gasteiger partial charge in [0.2, 0.25) is 0 Å². The van der Waals surface area contributed by atoms with Gasteiger partial charge in [-0.2, -0.15) is 0 Å². The second-order valence-corrected chi connectivity index (χ2v) is 4.73. The lowest BCUT2D eigenvalue weighted by molar-refractivity contribution is -0.0424. The molecule has 14 heavy (non-hydrogen) atoms. The van der Waals surface area contributed by atoms with Gasteiger partial charge in [-0.25, -0.2) is 0 Å². The van der Waals surface area contributed by atoms with Gasteiger partial charge in [0.05, 0.1) is 12.8 Å². The second-order valence-electron chi connectivity index (χ2n) is 4.73. The van der Waals surface area contributed by atoms with Gasteiger partial charge in [0.15, 0.2) is 0 Å². The standard InChI is InChI=1S/C12H23NO/c1-3-7-12(8-4-1)14-11-13-9-5-2-6-10-13/h12H,1-11H2. The van der Waals surface area contributed by atoms with Crippen LogP contribution in [0.3, 0.4) is 0 Å². The summed E-state index contributed by atoms with van der Waals surface area (Å²) in [6.45, 7) is 3.41. The molecule has 0 unspecified atom stereocenters. The zero-order chi connectivity index (χ0) is 9.64. The molecular weight excluding hydrogens is 174 g/mol. The van der Waals surface area contributed by atoms with E-state index in [4.69, 9.17) is 4.74 Å². The average molecular weight is 197 g/mol. The zero-order valence-corrected chi connectivity index (χ0v) is 9.21. The van der Waals surface area contributed by atoms with E-state index >= 15 is 0 Å². The van der Waals surface area contributed by atoms with Crippen LogP contribution in [-0.4, -0.2) is 30.8 Å². The fraction of sp³-hybridized carbons (Fsp3) is 1.00. The Balaban J connectivity index is 1.60. The van der Waals surface area contributed by atoms with E-state index in [0.29, 0.717) is 6.10 Å². The van der Waals surface area contributed by atoms with Crippen molar-refractivity contribution in [3.05, 3.63) is 0 Å². The van der Waals surface area contributed by atoms with Crippen LogP contribution in [-0.2, 0) is 4.74 Å². The van der Waals surface area contributed by atoms with Crippen LogP contribution in [0.15, 0.2) is 0 Å². The maximum absolute atomic E-state index is 5.95. The predicted molar refractivity (Wildman–Crippen MR) is 58.2 cm³/mol. The van der Waals surface area contributed by atoms with E-state index in [9.17, 15) is 0 Å². The lowest BCUT2D eigenvalue weighted by Gasteiger charge is -2.29. The van der Waals surface area contributed by atoms with Crippen molar-refractivity contribution >= 4 is 0 Å². The minimum atomic E-state index is 0.575. The largest absolute Gasteiger partial charge is 0.363 e. The fourth-order valence-electron chi connectivity index (χ4n) is 2.53. The number of hydrogen-bond donors (Lipinski definition) is 0. The van der Waals surface area contributed by atoms with E-state index in [1.165, 1.54) is 64.5 Å². The summed E-state index contributed by atoms with van der Waals surface area (Å²) in [5, 5.41) is 0. The molecule has 0 N–H and O–H groups in total. The molecule has 82 valence electrons. The molecule has 1 saturated carbocycles.